The van der Waals surface area contributed by atoms with Crippen LogP contribution in [0.1, 0.15) is 38.8 Å². The molecule has 0 radical (unpaired) electrons. The zero-order valence-corrected chi connectivity index (χ0v) is 17.8. The Kier molecular flexibility index (Phi) is 4.97. The van der Waals surface area contributed by atoms with Crippen molar-refractivity contribution in [3.8, 4) is 0 Å². The van der Waals surface area contributed by atoms with E-state index in [4.69, 9.17) is 11.6 Å². The van der Waals surface area contributed by atoms with Crippen LogP contribution < -0.4 is 15.5 Å². The molecule has 1 amide bonds. The van der Waals surface area contributed by atoms with E-state index in [2.05, 4.69) is 35.4 Å². The zero-order valence-electron chi connectivity index (χ0n) is 17.0. The summed E-state index contributed by atoms with van der Waals surface area (Å²) in [6.45, 7) is 6.15. The van der Waals surface area contributed by atoms with Gasteiger partial charge >= 0.3 is 0 Å². The maximum Gasteiger partial charge on any atom is 0.255 e. The van der Waals surface area contributed by atoms with E-state index in [9.17, 15) is 4.79 Å². The molecule has 3 aromatic rings. The minimum Gasteiger partial charge on any atom is -0.360 e. The first-order chi connectivity index (χ1) is 13.8. The highest BCUT2D eigenvalue weighted by molar-refractivity contribution is 6.31. The third-order valence-corrected chi connectivity index (χ3v) is 5.96. The lowest BCUT2D eigenvalue weighted by molar-refractivity contribution is 0.102. The summed E-state index contributed by atoms with van der Waals surface area (Å²) < 4.78 is 0. The van der Waals surface area contributed by atoms with Gasteiger partial charge in [0.2, 0.25) is 0 Å². The van der Waals surface area contributed by atoms with Crippen LogP contribution >= 0.6 is 11.6 Å². The largest absolute Gasteiger partial charge is 0.360 e. The number of aryl methyl sites for hydroxylation is 3. The van der Waals surface area contributed by atoms with Gasteiger partial charge < -0.3 is 15.5 Å². The van der Waals surface area contributed by atoms with Gasteiger partial charge in [0.1, 0.15) is 6.17 Å². The molecule has 0 bridgehead atoms. The summed E-state index contributed by atoms with van der Waals surface area (Å²) in [6.07, 6.45) is -0.0724. The maximum absolute atomic E-state index is 12.8. The van der Waals surface area contributed by atoms with Crippen molar-refractivity contribution in [2.75, 3.05) is 22.6 Å². The van der Waals surface area contributed by atoms with Gasteiger partial charge in [0.05, 0.1) is 11.4 Å². The van der Waals surface area contributed by atoms with Gasteiger partial charge in [-0.05, 0) is 73.9 Å². The van der Waals surface area contributed by atoms with Crippen LogP contribution in [0.25, 0.3) is 0 Å². The highest BCUT2D eigenvalue weighted by Crippen LogP contribution is 2.43. The number of halogens is 1. The van der Waals surface area contributed by atoms with Gasteiger partial charge in [-0.2, -0.15) is 0 Å². The van der Waals surface area contributed by atoms with E-state index in [0.717, 1.165) is 38.8 Å². The van der Waals surface area contributed by atoms with E-state index in [-0.39, 0.29) is 12.1 Å². The van der Waals surface area contributed by atoms with Crippen LogP contribution in [-0.2, 0) is 0 Å². The van der Waals surface area contributed by atoms with E-state index < -0.39 is 0 Å². The van der Waals surface area contributed by atoms with Crippen LogP contribution in [0.15, 0.2) is 54.6 Å². The smallest absolute Gasteiger partial charge is 0.255 e. The first-order valence-corrected chi connectivity index (χ1v) is 10.00. The Morgan fingerprint density at radius 2 is 1.79 bits per heavy atom. The van der Waals surface area contributed by atoms with E-state index in [1.807, 2.05) is 62.5 Å². The molecule has 1 unspecified atom stereocenters. The number of nitrogens with zero attached hydrogens (tertiary/aromatic N) is 1. The van der Waals surface area contributed by atoms with Crippen LogP contribution in [-0.4, -0.2) is 13.0 Å². The molecule has 4 rings (SSSR count). The standard InChI is InChI=1S/C24H24ClN3O/c1-14-8-10-18(12-16(14)3)26-24(29)17-9-11-21-20(13-17)27-23(28(21)4)22-15(2)6-5-7-19(22)25/h5-13,23,27H,1-4H3,(H,26,29). The molecule has 4 nitrogen and oxygen atoms in total. The molecule has 3 aromatic carbocycles. The first-order valence-electron chi connectivity index (χ1n) is 9.62. The maximum atomic E-state index is 12.8. The molecule has 0 saturated heterocycles. The number of benzene rings is 3. The Morgan fingerprint density at radius 3 is 2.52 bits per heavy atom. The number of amides is 1. The van der Waals surface area contributed by atoms with E-state index in [0.29, 0.717) is 5.56 Å². The average molecular weight is 406 g/mol. The molecule has 0 fully saturated rings. The molecular weight excluding hydrogens is 382 g/mol. The van der Waals surface area contributed by atoms with Crippen LogP contribution in [0.2, 0.25) is 5.02 Å². The van der Waals surface area contributed by atoms with Crippen molar-refractivity contribution in [2.45, 2.75) is 26.9 Å². The third kappa shape index (κ3) is 3.56. The molecular formula is C24H24ClN3O. The van der Waals surface area contributed by atoms with Gasteiger partial charge in [0.25, 0.3) is 5.91 Å². The number of nitrogens with one attached hydrogen (secondary N) is 2. The van der Waals surface area contributed by atoms with Crippen molar-refractivity contribution in [2.24, 2.45) is 0 Å². The van der Waals surface area contributed by atoms with Crippen LogP contribution in [0.5, 0.6) is 0 Å². The molecule has 0 saturated carbocycles. The van der Waals surface area contributed by atoms with Crippen molar-refractivity contribution in [3.63, 3.8) is 0 Å². The van der Waals surface area contributed by atoms with Crippen molar-refractivity contribution >= 4 is 34.6 Å². The molecule has 0 aromatic heterocycles. The number of fused-ring (bicyclic) bond motifs is 1. The summed E-state index contributed by atoms with van der Waals surface area (Å²) >= 11 is 6.48. The second-order valence-corrected chi connectivity index (χ2v) is 8.02. The summed E-state index contributed by atoms with van der Waals surface area (Å²) in [7, 11) is 2.03. The van der Waals surface area contributed by atoms with Gasteiger partial charge in [-0.25, -0.2) is 0 Å². The number of hydrogen-bond donors (Lipinski definition) is 2. The minimum absolute atomic E-state index is 0.0724. The Balaban J connectivity index is 1.59. The van der Waals surface area contributed by atoms with Crippen molar-refractivity contribution in [1.29, 1.82) is 0 Å². The second-order valence-electron chi connectivity index (χ2n) is 7.61. The number of hydrogen-bond acceptors (Lipinski definition) is 3. The molecule has 148 valence electrons. The molecule has 0 spiro atoms. The average Bonchev–Trinajstić information content (AvgIpc) is 3.00. The molecule has 2 N–H and O–H groups in total. The monoisotopic (exact) mass is 405 g/mol. The van der Waals surface area contributed by atoms with Gasteiger partial charge in [-0.3, -0.25) is 4.79 Å². The number of rotatable bonds is 3. The Bertz CT molecular complexity index is 1090. The summed E-state index contributed by atoms with van der Waals surface area (Å²) in [6, 6.07) is 17.6. The van der Waals surface area contributed by atoms with Gasteiger partial charge in [0.15, 0.2) is 0 Å². The minimum atomic E-state index is -0.127. The van der Waals surface area contributed by atoms with Crippen molar-refractivity contribution in [1.82, 2.24) is 0 Å². The molecule has 0 aliphatic carbocycles. The summed E-state index contributed by atoms with van der Waals surface area (Å²) in [5.74, 6) is -0.127. The summed E-state index contributed by atoms with van der Waals surface area (Å²) in [5, 5.41) is 7.24. The Morgan fingerprint density at radius 1 is 1.00 bits per heavy atom. The number of carbonyl (C=O) groups is 1. The molecule has 1 aliphatic rings. The predicted octanol–water partition coefficient (Wildman–Crippen LogP) is 6.08. The number of anilines is 3. The van der Waals surface area contributed by atoms with E-state index in [1.165, 1.54) is 5.56 Å². The Labute approximate surface area is 176 Å². The molecule has 1 aliphatic heterocycles. The number of carbonyl (C=O) groups excluding carboxylic acids is 1. The molecule has 1 atom stereocenters. The lowest BCUT2D eigenvalue weighted by atomic mass is 10.1. The van der Waals surface area contributed by atoms with E-state index >= 15 is 0 Å². The first kappa shape index (κ1) is 19.3. The summed E-state index contributed by atoms with van der Waals surface area (Å²) in [4.78, 5) is 14.9. The third-order valence-electron chi connectivity index (χ3n) is 5.63. The lowest BCUT2D eigenvalue weighted by Gasteiger charge is -2.25. The quantitative estimate of drug-likeness (QED) is 0.555. The molecule has 29 heavy (non-hydrogen) atoms. The molecule has 1 heterocycles. The highest BCUT2D eigenvalue weighted by Gasteiger charge is 2.30. The Hall–Kier alpha value is -2.98. The van der Waals surface area contributed by atoms with E-state index in [1.54, 1.807) is 0 Å². The van der Waals surface area contributed by atoms with Crippen LogP contribution in [0, 0.1) is 20.8 Å². The predicted molar refractivity (Wildman–Crippen MR) is 121 cm³/mol. The lowest BCUT2D eigenvalue weighted by Crippen LogP contribution is -2.24. The van der Waals surface area contributed by atoms with Crippen molar-refractivity contribution in [3.05, 3.63) is 87.4 Å². The topological polar surface area (TPSA) is 44.4 Å². The van der Waals surface area contributed by atoms with Gasteiger partial charge in [0, 0.05) is 28.9 Å². The van der Waals surface area contributed by atoms with Crippen molar-refractivity contribution < 1.29 is 4.79 Å². The fraction of sp³-hybridized carbons (Fsp3) is 0.208. The van der Waals surface area contributed by atoms with Gasteiger partial charge in [-0.15, -0.1) is 0 Å². The highest BCUT2D eigenvalue weighted by atomic mass is 35.5. The SMILES string of the molecule is Cc1ccc(NC(=O)c2ccc3c(c2)NC(c2c(C)cccc2Cl)N3C)cc1C. The fourth-order valence-corrected chi connectivity index (χ4v) is 4.09. The van der Waals surface area contributed by atoms with Crippen LogP contribution in [0.4, 0.5) is 17.1 Å². The fourth-order valence-electron chi connectivity index (χ4n) is 3.76. The zero-order chi connectivity index (χ0) is 20.7. The molecule has 5 heteroatoms. The normalized spacial score (nSPS) is 15.1. The summed E-state index contributed by atoms with van der Waals surface area (Å²) in [5.41, 5.74) is 7.90. The second kappa shape index (κ2) is 7.45. The van der Waals surface area contributed by atoms with Crippen LogP contribution in [0.3, 0.4) is 0 Å². The van der Waals surface area contributed by atoms with Gasteiger partial charge in [-0.1, -0.05) is 29.8 Å².